The summed E-state index contributed by atoms with van der Waals surface area (Å²) in [6.45, 7) is 1.40. The van der Waals surface area contributed by atoms with Crippen molar-refractivity contribution in [3.8, 4) is 0 Å². The molecule has 1 aromatic rings. The molecule has 2 amide bonds. The molecule has 1 heterocycles. The lowest BCUT2D eigenvalue weighted by Gasteiger charge is -2.26. The Kier molecular flexibility index (Phi) is 6.15. The second-order valence-electron chi connectivity index (χ2n) is 5.60. The van der Waals surface area contributed by atoms with E-state index in [9.17, 15) is 18.0 Å². The number of benzene rings is 1. The quantitative estimate of drug-likeness (QED) is 0.838. The maximum Gasteiger partial charge on any atom is 0.241 e. The summed E-state index contributed by atoms with van der Waals surface area (Å²) in [5.41, 5.74) is 0. The minimum absolute atomic E-state index is 0.0653. The highest BCUT2D eigenvalue weighted by atomic mass is 32.2. The Labute approximate surface area is 136 Å². The molecule has 0 bridgehead atoms. The van der Waals surface area contributed by atoms with Crippen LogP contribution in [0.25, 0.3) is 0 Å². The molecule has 6 nitrogen and oxygen atoms in total. The average molecular weight is 338 g/mol. The van der Waals surface area contributed by atoms with Gasteiger partial charge in [0.15, 0.2) is 9.84 Å². The molecule has 1 aromatic carbocycles. The van der Waals surface area contributed by atoms with Crippen molar-refractivity contribution in [3.05, 3.63) is 30.3 Å². The van der Waals surface area contributed by atoms with Crippen molar-refractivity contribution in [1.29, 1.82) is 0 Å². The maximum atomic E-state index is 12.1. The van der Waals surface area contributed by atoms with Gasteiger partial charge in [0.25, 0.3) is 0 Å². The number of piperidine rings is 1. The number of nitrogens with one attached hydrogen (secondary N) is 1. The fourth-order valence-electron chi connectivity index (χ4n) is 2.49. The van der Waals surface area contributed by atoms with Crippen molar-refractivity contribution in [3.63, 3.8) is 0 Å². The summed E-state index contributed by atoms with van der Waals surface area (Å²) in [6, 6.07) is 8.03. The number of amides is 2. The molecular weight excluding hydrogens is 316 g/mol. The first-order chi connectivity index (χ1) is 11.0. The minimum Gasteiger partial charge on any atom is -0.347 e. The number of hydrogen-bond donors (Lipinski definition) is 1. The number of carbonyl (C=O) groups excluding carboxylic acids is 2. The SMILES string of the molecule is O=C(CCS(=O)(=O)c1ccccc1)NCC(=O)N1CCCCC1. The topological polar surface area (TPSA) is 83.5 Å². The van der Waals surface area contributed by atoms with Crippen LogP contribution in [0.2, 0.25) is 0 Å². The van der Waals surface area contributed by atoms with Gasteiger partial charge in [0.1, 0.15) is 0 Å². The van der Waals surface area contributed by atoms with E-state index in [1.165, 1.54) is 12.1 Å². The molecule has 2 rings (SSSR count). The highest BCUT2D eigenvalue weighted by molar-refractivity contribution is 7.91. The Bertz CT molecular complexity index is 637. The molecule has 1 aliphatic rings. The number of hydrogen-bond acceptors (Lipinski definition) is 4. The van der Waals surface area contributed by atoms with E-state index in [0.29, 0.717) is 0 Å². The van der Waals surface area contributed by atoms with Crippen LogP contribution in [0.3, 0.4) is 0 Å². The van der Waals surface area contributed by atoms with E-state index in [1.54, 1.807) is 23.1 Å². The van der Waals surface area contributed by atoms with Crippen molar-refractivity contribution in [1.82, 2.24) is 10.2 Å². The third-order valence-corrected chi connectivity index (χ3v) is 5.58. The predicted molar refractivity (Wildman–Crippen MR) is 86.6 cm³/mol. The van der Waals surface area contributed by atoms with Crippen LogP contribution in [-0.4, -0.2) is 50.5 Å². The number of nitrogens with zero attached hydrogens (tertiary/aromatic N) is 1. The molecule has 1 saturated heterocycles. The number of rotatable bonds is 6. The summed E-state index contributed by atoms with van der Waals surface area (Å²) in [7, 11) is -3.47. The fraction of sp³-hybridized carbons (Fsp3) is 0.500. The first-order valence-electron chi connectivity index (χ1n) is 7.81. The number of likely N-dealkylation sites (tertiary alicyclic amines) is 1. The van der Waals surface area contributed by atoms with Crippen molar-refractivity contribution < 1.29 is 18.0 Å². The van der Waals surface area contributed by atoms with E-state index in [0.717, 1.165) is 32.4 Å². The molecule has 1 N–H and O–H groups in total. The second-order valence-corrected chi connectivity index (χ2v) is 7.71. The Balaban J connectivity index is 1.75. The summed E-state index contributed by atoms with van der Waals surface area (Å²) < 4.78 is 24.1. The molecule has 0 atom stereocenters. The normalized spacial score (nSPS) is 15.2. The molecule has 1 fully saturated rings. The molecule has 7 heteroatoms. The smallest absolute Gasteiger partial charge is 0.241 e. The van der Waals surface area contributed by atoms with E-state index in [-0.39, 0.29) is 29.5 Å². The largest absolute Gasteiger partial charge is 0.347 e. The summed E-state index contributed by atoms with van der Waals surface area (Å²) >= 11 is 0. The van der Waals surface area contributed by atoms with E-state index in [4.69, 9.17) is 0 Å². The van der Waals surface area contributed by atoms with Crippen LogP contribution in [-0.2, 0) is 19.4 Å². The molecule has 0 aromatic heterocycles. The fourth-order valence-corrected chi connectivity index (χ4v) is 3.75. The lowest BCUT2D eigenvalue weighted by molar-refractivity contribution is -0.133. The van der Waals surface area contributed by atoms with Gasteiger partial charge in [0.2, 0.25) is 11.8 Å². The third kappa shape index (κ3) is 5.35. The van der Waals surface area contributed by atoms with Gasteiger partial charge in [-0.2, -0.15) is 0 Å². The predicted octanol–water partition coefficient (Wildman–Crippen LogP) is 0.979. The zero-order valence-corrected chi connectivity index (χ0v) is 13.8. The second kappa shape index (κ2) is 8.10. The van der Waals surface area contributed by atoms with Crippen LogP contribution in [0.1, 0.15) is 25.7 Å². The van der Waals surface area contributed by atoms with Gasteiger partial charge in [0, 0.05) is 19.5 Å². The lowest BCUT2D eigenvalue weighted by Crippen LogP contribution is -2.42. The van der Waals surface area contributed by atoms with Crippen LogP contribution < -0.4 is 5.32 Å². The summed E-state index contributed by atoms with van der Waals surface area (Å²) in [5.74, 6) is -0.792. The van der Waals surface area contributed by atoms with Gasteiger partial charge in [-0.15, -0.1) is 0 Å². The molecule has 126 valence electrons. The third-order valence-electron chi connectivity index (χ3n) is 3.85. The zero-order valence-electron chi connectivity index (χ0n) is 13.0. The molecule has 0 spiro atoms. The number of sulfone groups is 1. The van der Waals surface area contributed by atoms with Gasteiger partial charge in [-0.25, -0.2) is 8.42 Å². The van der Waals surface area contributed by atoms with Crippen LogP contribution in [0, 0.1) is 0 Å². The van der Waals surface area contributed by atoms with Crippen molar-refractivity contribution in [2.75, 3.05) is 25.4 Å². The average Bonchev–Trinajstić information content (AvgIpc) is 2.59. The standard InChI is InChI=1S/C16H22N2O4S/c19-15(17-13-16(20)18-10-5-2-6-11-18)9-12-23(21,22)14-7-3-1-4-8-14/h1,3-4,7-8H,2,5-6,9-13H2,(H,17,19). The van der Waals surface area contributed by atoms with Crippen molar-refractivity contribution in [2.24, 2.45) is 0 Å². The monoisotopic (exact) mass is 338 g/mol. The van der Waals surface area contributed by atoms with Gasteiger partial charge in [-0.3, -0.25) is 9.59 Å². The van der Waals surface area contributed by atoms with Crippen LogP contribution in [0.15, 0.2) is 35.2 Å². The highest BCUT2D eigenvalue weighted by Gasteiger charge is 2.19. The van der Waals surface area contributed by atoms with Crippen molar-refractivity contribution in [2.45, 2.75) is 30.6 Å². The molecule has 23 heavy (non-hydrogen) atoms. The van der Waals surface area contributed by atoms with Gasteiger partial charge < -0.3 is 10.2 Å². The minimum atomic E-state index is -3.47. The lowest BCUT2D eigenvalue weighted by atomic mass is 10.1. The molecule has 0 saturated carbocycles. The molecule has 0 radical (unpaired) electrons. The van der Waals surface area contributed by atoms with Crippen LogP contribution in [0.5, 0.6) is 0 Å². The molecule has 1 aliphatic heterocycles. The van der Waals surface area contributed by atoms with E-state index < -0.39 is 15.7 Å². The van der Waals surface area contributed by atoms with E-state index in [2.05, 4.69) is 5.32 Å². The zero-order chi connectivity index (χ0) is 16.7. The first kappa shape index (κ1) is 17.5. The maximum absolute atomic E-state index is 12.1. The highest BCUT2D eigenvalue weighted by Crippen LogP contribution is 2.11. The Morgan fingerprint density at radius 1 is 1.04 bits per heavy atom. The summed E-state index contributed by atoms with van der Waals surface area (Å²) in [5, 5.41) is 2.51. The molecular formula is C16H22N2O4S. The van der Waals surface area contributed by atoms with Gasteiger partial charge >= 0.3 is 0 Å². The summed E-state index contributed by atoms with van der Waals surface area (Å²) in [4.78, 5) is 25.6. The van der Waals surface area contributed by atoms with Gasteiger partial charge in [-0.05, 0) is 31.4 Å². The van der Waals surface area contributed by atoms with E-state index >= 15 is 0 Å². The molecule has 0 unspecified atom stereocenters. The van der Waals surface area contributed by atoms with Gasteiger partial charge in [0.05, 0.1) is 17.2 Å². The van der Waals surface area contributed by atoms with E-state index in [1.807, 2.05) is 0 Å². The Morgan fingerprint density at radius 2 is 1.70 bits per heavy atom. The summed E-state index contributed by atoms with van der Waals surface area (Å²) in [6.07, 6.45) is 2.97. The van der Waals surface area contributed by atoms with Crippen molar-refractivity contribution >= 4 is 21.7 Å². The number of carbonyl (C=O) groups is 2. The van der Waals surface area contributed by atoms with Gasteiger partial charge in [-0.1, -0.05) is 18.2 Å². The Morgan fingerprint density at radius 3 is 2.35 bits per heavy atom. The molecule has 0 aliphatic carbocycles. The Hall–Kier alpha value is -1.89. The first-order valence-corrected chi connectivity index (χ1v) is 9.46. The van der Waals surface area contributed by atoms with Crippen LogP contribution in [0.4, 0.5) is 0 Å². The van der Waals surface area contributed by atoms with Crippen LogP contribution >= 0.6 is 0 Å².